The summed E-state index contributed by atoms with van der Waals surface area (Å²) in [7, 11) is 1.68. The summed E-state index contributed by atoms with van der Waals surface area (Å²) in [5.41, 5.74) is 3.62. The van der Waals surface area contributed by atoms with Gasteiger partial charge in [-0.3, -0.25) is 0 Å². The fraction of sp³-hybridized carbons (Fsp3) is 0.125. The SMILES string of the molecule is COc1ccc(Cc2c[nH]c3ccc(Cl)cc23)cc1. The van der Waals surface area contributed by atoms with Crippen LogP contribution in [0, 0.1) is 0 Å². The molecule has 2 nitrogen and oxygen atoms in total. The summed E-state index contributed by atoms with van der Waals surface area (Å²) in [4.78, 5) is 3.27. The highest BCUT2D eigenvalue weighted by Crippen LogP contribution is 2.24. The average molecular weight is 272 g/mol. The number of hydrogen-bond acceptors (Lipinski definition) is 1. The minimum atomic E-state index is 0.767. The molecule has 0 bridgehead atoms. The van der Waals surface area contributed by atoms with E-state index in [0.717, 1.165) is 22.7 Å². The van der Waals surface area contributed by atoms with E-state index < -0.39 is 0 Å². The zero-order valence-electron chi connectivity index (χ0n) is 10.6. The van der Waals surface area contributed by atoms with Crippen LogP contribution < -0.4 is 4.74 Å². The van der Waals surface area contributed by atoms with Gasteiger partial charge < -0.3 is 9.72 Å². The van der Waals surface area contributed by atoms with Crippen LogP contribution >= 0.6 is 11.6 Å². The van der Waals surface area contributed by atoms with Gasteiger partial charge in [0.05, 0.1) is 7.11 Å². The van der Waals surface area contributed by atoms with E-state index in [-0.39, 0.29) is 0 Å². The highest BCUT2D eigenvalue weighted by atomic mass is 35.5. The van der Waals surface area contributed by atoms with Gasteiger partial charge in [-0.05, 0) is 47.9 Å². The molecule has 19 heavy (non-hydrogen) atoms. The number of H-pyrrole nitrogens is 1. The lowest BCUT2D eigenvalue weighted by Crippen LogP contribution is -1.88. The largest absolute Gasteiger partial charge is 0.497 e. The monoisotopic (exact) mass is 271 g/mol. The smallest absolute Gasteiger partial charge is 0.118 e. The first-order valence-corrected chi connectivity index (χ1v) is 6.52. The molecule has 0 radical (unpaired) electrons. The fourth-order valence-electron chi connectivity index (χ4n) is 2.26. The highest BCUT2D eigenvalue weighted by molar-refractivity contribution is 6.31. The second-order valence-electron chi connectivity index (χ2n) is 4.53. The van der Waals surface area contributed by atoms with E-state index in [2.05, 4.69) is 17.1 Å². The maximum Gasteiger partial charge on any atom is 0.118 e. The Morgan fingerprint density at radius 2 is 1.89 bits per heavy atom. The third-order valence-corrected chi connectivity index (χ3v) is 3.52. The average Bonchev–Trinajstić information content (AvgIpc) is 2.82. The molecule has 3 rings (SSSR count). The van der Waals surface area contributed by atoms with E-state index in [1.165, 1.54) is 16.5 Å². The van der Waals surface area contributed by atoms with Crippen LogP contribution in [0.15, 0.2) is 48.7 Å². The van der Waals surface area contributed by atoms with E-state index in [0.29, 0.717) is 0 Å². The Morgan fingerprint density at radius 3 is 2.63 bits per heavy atom. The molecule has 0 amide bonds. The van der Waals surface area contributed by atoms with Crippen LogP contribution in [0.25, 0.3) is 10.9 Å². The van der Waals surface area contributed by atoms with E-state index in [9.17, 15) is 0 Å². The molecule has 1 heterocycles. The molecule has 0 saturated heterocycles. The molecule has 0 aliphatic heterocycles. The Morgan fingerprint density at radius 1 is 1.11 bits per heavy atom. The van der Waals surface area contributed by atoms with Crippen molar-refractivity contribution in [3.63, 3.8) is 0 Å². The Bertz CT molecular complexity index is 700. The minimum Gasteiger partial charge on any atom is -0.497 e. The van der Waals surface area contributed by atoms with Crippen LogP contribution in [0.4, 0.5) is 0 Å². The number of benzene rings is 2. The molecule has 1 aromatic heterocycles. The predicted octanol–water partition coefficient (Wildman–Crippen LogP) is 4.42. The van der Waals surface area contributed by atoms with Crippen LogP contribution in [0.5, 0.6) is 5.75 Å². The lowest BCUT2D eigenvalue weighted by Gasteiger charge is -2.03. The number of hydrogen-bond donors (Lipinski definition) is 1. The molecule has 0 spiro atoms. The molecular weight excluding hydrogens is 258 g/mol. The molecule has 0 unspecified atom stereocenters. The number of nitrogens with one attached hydrogen (secondary N) is 1. The van der Waals surface area contributed by atoms with Gasteiger partial charge in [0.15, 0.2) is 0 Å². The van der Waals surface area contributed by atoms with Crippen LogP contribution in [-0.2, 0) is 6.42 Å². The fourth-order valence-corrected chi connectivity index (χ4v) is 2.43. The number of rotatable bonds is 3. The van der Waals surface area contributed by atoms with E-state index in [1.807, 2.05) is 36.5 Å². The van der Waals surface area contributed by atoms with Gasteiger partial charge in [-0.2, -0.15) is 0 Å². The van der Waals surface area contributed by atoms with Crippen LogP contribution in [0.2, 0.25) is 5.02 Å². The number of methoxy groups -OCH3 is 1. The molecule has 3 aromatic rings. The molecule has 2 aromatic carbocycles. The van der Waals surface area contributed by atoms with Gasteiger partial charge in [-0.15, -0.1) is 0 Å². The quantitative estimate of drug-likeness (QED) is 0.749. The van der Waals surface area contributed by atoms with E-state index >= 15 is 0 Å². The first-order chi connectivity index (χ1) is 9.26. The summed E-state index contributed by atoms with van der Waals surface area (Å²) in [5.74, 6) is 0.880. The molecule has 1 N–H and O–H groups in total. The lowest BCUT2D eigenvalue weighted by atomic mass is 10.0. The maximum atomic E-state index is 6.06. The van der Waals surface area contributed by atoms with Gasteiger partial charge in [-0.1, -0.05) is 23.7 Å². The predicted molar refractivity (Wildman–Crippen MR) is 79.1 cm³/mol. The molecule has 0 aliphatic carbocycles. The Kier molecular flexibility index (Phi) is 3.18. The van der Waals surface area contributed by atoms with E-state index in [1.54, 1.807) is 7.11 Å². The molecule has 0 aliphatic rings. The van der Waals surface area contributed by atoms with Crippen molar-refractivity contribution < 1.29 is 4.74 Å². The highest BCUT2D eigenvalue weighted by Gasteiger charge is 2.05. The van der Waals surface area contributed by atoms with Gasteiger partial charge in [0.1, 0.15) is 5.75 Å². The normalized spacial score (nSPS) is 10.8. The van der Waals surface area contributed by atoms with Crippen molar-refractivity contribution in [3.8, 4) is 5.75 Å². The van der Waals surface area contributed by atoms with Crippen molar-refractivity contribution in [2.45, 2.75) is 6.42 Å². The van der Waals surface area contributed by atoms with Gasteiger partial charge in [0.25, 0.3) is 0 Å². The summed E-state index contributed by atoms with van der Waals surface area (Å²) in [6.07, 6.45) is 2.93. The number of fused-ring (bicyclic) bond motifs is 1. The molecule has 0 fully saturated rings. The topological polar surface area (TPSA) is 25.0 Å². The van der Waals surface area contributed by atoms with Crippen LogP contribution in [0.3, 0.4) is 0 Å². The standard InChI is InChI=1S/C16H14ClNO/c1-19-14-5-2-11(3-6-14)8-12-10-18-16-7-4-13(17)9-15(12)16/h2-7,9-10,18H,8H2,1H3. The number of aromatic amines is 1. The van der Waals surface area contributed by atoms with Gasteiger partial charge in [0, 0.05) is 22.1 Å². The first kappa shape index (κ1) is 12.1. The summed E-state index contributed by atoms with van der Waals surface area (Å²) in [6.45, 7) is 0. The summed E-state index contributed by atoms with van der Waals surface area (Å²) >= 11 is 6.06. The Hall–Kier alpha value is -1.93. The van der Waals surface area contributed by atoms with Crippen molar-refractivity contribution in [3.05, 3.63) is 64.8 Å². The maximum absolute atomic E-state index is 6.06. The third-order valence-electron chi connectivity index (χ3n) is 3.28. The Labute approximate surface area is 117 Å². The summed E-state index contributed by atoms with van der Waals surface area (Å²) in [5, 5.41) is 1.95. The second-order valence-corrected chi connectivity index (χ2v) is 4.97. The molecule has 96 valence electrons. The van der Waals surface area contributed by atoms with E-state index in [4.69, 9.17) is 16.3 Å². The molecule has 3 heteroatoms. The van der Waals surface area contributed by atoms with Gasteiger partial charge >= 0.3 is 0 Å². The third kappa shape index (κ3) is 2.45. The van der Waals surface area contributed by atoms with Crippen molar-refractivity contribution in [1.29, 1.82) is 0 Å². The summed E-state index contributed by atoms with van der Waals surface area (Å²) in [6, 6.07) is 14.1. The lowest BCUT2D eigenvalue weighted by molar-refractivity contribution is 0.414. The minimum absolute atomic E-state index is 0.767. The molecule has 0 atom stereocenters. The van der Waals surface area contributed by atoms with Gasteiger partial charge in [-0.25, -0.2) is 0 Å². The second kappa shape index (κ2) is 4.98. The van der Waals surface area contributed by atoms with Crippen LogP contribution in [0.1, 0.15) is 11.1 Å². The number of halogens is 1. The van der Waals surface area contributed by atoms with Gasteiger partial charge in [0.2, 0.25) is 0 Å². The first-order valence-electron chi connectivity index (χ1n) is 6.15. The molecule has 0 saturated carbocycles. The van der Waals surface area contributed by atoms with Crippen LogP contribution in [-0.4, -0.2) is 12.1 Å². The van der Waals surface area contributed by atoms with Crippen molar-refractivity contribution in [2.24, 2.45) is 0 Å². The van der Waals surface area contributed by atoms with Crippen molar-refractivity contribution in [1.82, 2.24) is 4.98 Å². The summed E-state index contributed by atoms with van der Waals surface area (Å²) < 4.78 is 5.17. The zero-order valence-corrected chi connectivity index (χ0v) is 11.4. The molecular formula is C16H14ClNO. The van der Waals surface area contributed by atoms with Crippen molar-refractivity contribution >= 4 is 22.5 Å². The van der Waals surface area contributed by atoms with Crippen molar-refractivity contribution in [2.75, 3.05) is 7.11 Å². The number of aromatic nitrogens is 1. The zero-order chi connectivity index (χ0) is 13.2. The Balaban J connectivity index is 1.93. The number of ether oxygens (including phenoxy) is 1.